The number of esters is 2. The van der Waals surface area contributed by atoms with Crippen molar-refractivity contribution < 1.29 is 38.1 Å². The molecule has 0 atom stereocenters. The number of rotatable bonds is 18. The molecule has 0 radical (unpaired) electrons. The van der Waals surface area contributed by atoms with Crippen LogP contribution in [0.3, 0.4) is 0 Å². The van der Waals surface area contributed by atoms with Crippen LogP contribution in [0.15, 0.2) is 109 Å². The summed E-state index contributed by atoms with van der Waals surface area (Å²) in [6.07, 6.45) is 8.68. The van der Waals surface area contributed by atoms with Gasteiger partial charge in [-0.25, -0.2) is 9.97 Å². The summed E-state index contributed by atoms with van der Waals surface area (Å²) in [6, 6.07) is 38.3. The van der Waals surface area contributed by atoms with Gasteiger partial charge in [-0.15, -0.1) is 0 Å². The average molecular weight is 1220 g/mol. The van der Waals surface area contributed by atoms with Crippen molar-refractivity contribution in [2.24, 2.45) is 0 Å². The number of hydrogen-bond acceptors (Lipinski definition) is 12. The van der Waals surface area contributed by atoms with Crippen LogP contribution < -0.4 is 9.47 Å². The van der Waals surface area contributed by atoms with Gasteiger partial charge in [0.15, 0.2) is 10.2 Å². The van der Waals surface area contributed by atoms with Crippen molar-refractivity contribution in [2.75, 3.05) is 37.9 Å². The molecule has 0 aliphatic carbocycles. The van der Waals surface area contributed by atoms with Crippen LogP contribution in [0.2, 0.25) is 0 Å². The van der Waals surface area contributed by atoms with Crippen LogP contribution in [0.5, 0.6) is 11.5 Å². The fourth-order valence-electron chi connectivity index (χ4n) is 10.5. The van der Waals surface area contributed by atoms with Gasteiger partial charge in [0.05, 0.1) is 35.6 Å². The summed E-state index contributed by atoms with van der Waals surface area (Å²) < 4.78 is 23.5. The number of thioether (sulfide) groups is 2. The van der Waals surface area contributed by atoms with Crippen molar-refractivity contribution >= 4 is 92.1 Å². The molecule has 0 saturated heterocycles. The summed E-state index contributed by atoms with van der Waals surface area (Å²) in [6.45, 7) is 30.4. The molecule has 2 aliphatic heterocycles. The summed E-state index contributed by atoms with van der Waals surface area (Å²) in [5.74, 6) is 1.16. The highest BCUT2D eigenvalue weighted by atomic mass is 32.2. The molecule has 14 heteroatoms. The Bertz CT molecular complexity index is 3720. The van der Waals surface area contributed by atoms with E-state index in [4.69, 9.17) is 28.9 Å². The molecular formula is C74H82N4O8S2. The smallest absolute Gasteiger partial charge is 0.306 e. The monoisotopic (exact) mass is 1220 g/mol. The van der Waals surface area contributed by atoms with E-state index in [1.54, 1.807) is 0 Å². The summed E-state index contributed by atoms with van der Waals surface area (Å²) in [5.41, 5.74) is 17.8. The van der Waals surface area contributed by atoms with E-state index >= 15 is 0 Å². The minimum Gasteiger partial charge on any atom is -0.490 e. The first kappa shape index (κ1) is 64.5. The molecule has 88 heavy (non-hydrogen) atoms. The number of ether oxygens (including phenoxy) is 4. The molecule has 7 aromatic rings. The second-order valence-corrected chi connectivity index (χ2v) is 29.0. The molecule has 0 unspecified atom stereocenters. The lowest BCUT2D eigenvalue weighted by Crippen LogP contribution is -2.16. The summed E-state index contributed by atoms with van der Waals surface area (Å²) >= 11 is 2.20. The summed E-state index contributed by atoms with van der Waals surface area (Å²) in [7, 11) is 0. The van der Waals surface area contributed by atoms with Gasteiger partial charge in [-0.2, -0.15) is 0 Å². The Morgan fingerprint density at radius 2 is 0.705 bits per heavy atom. The summed E-state index contributed by atoms with van der Waals surface area (Å²) in [5, 5.41) is -0.0809. The molecule has 5 heterocycles. The molecule has 0 fully saturated rings. The first-order valence-corrected chi connectivity index (χ1v) is 32.1. The fourth-order valence-corrected chi connectivity index (χ4v) is 11.6. The van der Waals surface area contributed by atoms with Crippen molar-refractivity contribution in [2.45, 2.75) is 131 Å². The quantitative estimate of drug-likeness (QED) is 0.0619. The molecule has 2 aliphatic rings. The van der Waals surface area contributed by atoms with Crippen LogP contribution in [-0.2, 0) is 50.3 Å². The number of carbonyl (C=O) groups excluding carboxylic acids is 4. The normalized spacial score (nSPS) is 12.5. The highest BCUT2D eigenvalue weighted by Crippen LogP contribution is 2.43. The first-order chi connectivity index (χ1) is 41.6. The molecule has 12 nitrogen and oxygen atoms in total. The Morgan fingerprint density at radius 3 is 1.00 bits per heavy atom. The average Bonchev–Trinajstić information content (AvgIpc) is 1.59. The van der Waals surface area contributed by atoms with Gasteiger partial charge in [-0.3, -0.25) is 19.2 Å². The molecule has 458 valence electrons. The van der Waals surface area contributed by atoms with E-state index in [0.29, 0.717) is 23.0 Å². The number of nitrogens with zero attached hydrogens (tertiary/aromatic N) is 2. The van der Waals surface area contributed by atoms with Gasteiger partial charge < -0.3 is 28.9 Å². The van der Waals surface area contributed by atoms with Crippen LogP contribution in [0.25, 0.3) is 90.9 Å². The second kappa shape index (κ2) is 26.8. The molecular weight excluding hydrogens is 1140 g/mol. The van der Waals surface area contributed by atoms with Crippen LogP contribution in [0.1, 0.15) is 155 Å². The molecule has 0 spiro atoms. The highest BCUT2D eigenvalue weighted by Gasteiger charge is 2.27. The van der Waals surface area contributed by atoms with E-state index in [9.17, 15) is 19.2 Å². The Balaban J connectivity index is 1.31. The number of hydrogen-bond donors (Lipinski definition) is 2. The maximum atomic E-state index is 12.5. The molecule has 9 rings (SSSR count). The first-order valence-electron chi connectivity index (χ1n) is 30.1. The third-order valence-electron chi connectivity index (χ3n) is 15.4. The SMILES string of the molecule is CC(=O)SCCC(=O)OCCOc1cccc(-c2c3nc(c(-c4cc(C(C)(C)C)cc(C(C)(C)C)c4)c4ccc([nH]4)c(-c4cccc(OCCOC(=O)CCSC(C)=O)c4)c4nc(c(-c5cc(C(C)(C)C)cc(C(C)(C)C)c5)c5ccc2[nH]5)C=C4)C=C3)c1. The fraction of sp³-hybridized carbons (Fsp3) is 0.351. The van der Waals surface area contributed by atoms with E-state index < -0.39 is 0 Å². The minimum atomic E-state index is -0.382. The van der Waals surface area contributed by atoms with Gasteiger partial charge in [-0.1, -0.05) is 167 Å². The predicted octanol–water partition coefficient (Wildman–Crippen LogP) is 17.7. The lowest BCUT2D eigenvalue weighted by atomic mass is 9.78. The van der Waals surface area contributed by atoms with Crippen LogP contribution in [-0.4, -0.2) is 80.0 Å². The van der Waals surface area contributed by atoms with E-state index in [-0.39, 0.29) is 83.1 Å². The lowest BCUT2D eigenvalue weighted by Gasteiger charge is -2.26. The zero-order chi connectivity index (χ0) is 63.3. The molecule has 8 bridgehead atoms. The number of aromatic nitrogens is 4. The lowest BCUT2D eigenvalue weighted by molar-refractivity contribution is -0.144. The van der Waals surface area contributed by atoms with Gasteiger partial charge in [0.1, 0.15) is 37.9 Å². The van der Waals surface area contributed by atoms with Gasteiger partial charge in [0.2, 0.25) is 0 Å². The van der Waals surface area contributed by atoms with Crippen LogP contribution in [0.4, 0.5) is 0 Å². The van der Waals surface area contributed by atoms with Gasteiger partial charge >= 0.3 is 11.9 Å². The van der Waals surface area contributed by atoms with Crippen molar-refractivity contribution in [3.63, 3.8) is 0 Å². The highest BCUT2D eigenvalue weighted by molar-refractivity contribution is 8.13. The number of fused-ring (bicyclic) bond motifs is 8. The van der Waals surface area contributed by atoms with Gasteiger partial charge in [0, 0.05) is 69.7 Å². The molecule has 4 aromatic carbocycles. The topological polar surface area (TPSA) is 163 Å². The van der Waals surface area contributed by atoms with Crippen LogP contribution >= 0.6 is 23.5 Å². The predicted molar refractivity (Wildman–Crippen MR) is 364 cm³/mol. The Hall–Kier alpha value is -7.94. The minimum absolute atomic E-state index is 0.0404. The third kappa shape index (κ3) is 16.0. The van der Waals surface area contributed by atoms with E-state index in [1.807, 2.05) is 36.4 Å². The van der Waals surface area contributed by atoms with Gasteiger partial charge in [-0.05, 0) is 139 Å². The van der Waals surface area contributed by atoms with E-state index in [2.05, 4.69) is 190 Å². The maximum Gasteiger partial charge on any atom is 0.306 e. The maximum absolute atomic E-state index is 12.5. The zero-order valence-corrected chi connectivity index (χ0v) is 55.0. The standard InChI is InChI=1S/C74H82N4O8S2/c1-45(79)87-35-29-65(81)85-33-31-83-55-19-15-17-47(41-55)67-57-21-25-61(75-57)69(49-37-51(71(3,4)5)43-52(38-49)72(6,7)8)63-27-23-59(77-63)68(48-18-16-20-56(42-48)84-32-34-86-66(82)30-36-88-46(2)80)60-24-28-64(78-60)70(62-26-22-58(67)76-62)50-39-53(73(9,10)11)44-54(40-50)74(12,13)14/h15-28,37-44,75,78H,29-36H2,1-14H3. The van der Waals surface area contributed by atoms with Crippen molar-refractivity contribution in [3.05, 3.63) is 154 Å². The van der Waals surface area contributed by atoms with Crippen molar-refractivity contribution in [1.82, 2.24) is 19.9 Å². The summed E-state index contributed by atoms with van der Waals surface area (Å²) in [4.78, 5) is 67.1. The largest absolute Gasteiger partial charge is 0.490 e. The molecule has 2 N–H and O–H groups in total. The zero-order valence-electron chi connectivity index (χ0n) is 53.3. The Morgan fingerprint density at radius 1 is 0.398 bits per heavy atom. The van der Waals surface area contributed by atoms with E-state index in [1.165, 1.54) is 36.1 Å². The number of benzene rings is 4. The van der Waals surface area contributed by atoms with E-state index in [0.717, 1.165) is 113 Å². The molecule has 0 saturated carbocycles. The number of H-pyrrole nitrogens is 2. The Kier molecular flexibility index (Phi) is 19.7. The number of carbonyl (C=O) groups is 4. The molecule has 0 amide bonds. The third-order valence-corrected chi connectivity index (χ3v) is 17.0. The number of aromatic amines is 2. The molecule has 3 aromatic heterocycles. The Labute approximate surface area is 526 Å². The van der Waals surface area contributed by atoms with Gasteiger partial charge in [0.25, 0.3) is 0 Å². The van der Waals surface area contributed by atoms with Crippen molar-refractivity contribution in [1.29, 1.82) is 0 Å². The van der Waals surface area contributed by atoms with Crippen molar-refractivity contribution in [3.8, 4) is 56.0 Å². The second-order valence-electron chi connectivity index (χ2n) is 26.5. The number of nitrogens with one attached hydrogen (secondary N) is 2. The van der Waals surface area contributed by atoms with Crippen LogP contribution in [0, 0.1) is 0 Å².